The summed E-state index contributed by atoms with van der Waals surface area (Å²) in [4.78, 5) is 0.415. The lowest BCUT2D eigenvalue weighted by molar-refractivity contribution is 0.544. The molecule has 3 heteroatoms. The molecule has 1 rings (SSSR count). The lowest BCUT2D eigenvalue weighted by Crippen LogP contribution is -1.98. The second-order valence-electron chi connectivity index (χ2n) is 2.41. The minimum Gasteiger partial charge on any atom is -0.768 e. The lowest BCUT2D eigenvalue weighted by atomic mass is 10.0. The summed E-state index contributed by atoms with van der Waals surface area (Å²) in [6.07, 6.45) is 6.13. The molecule has 1 aliphatic carbocycles. The molecule has 0 spiro atoms. The Labute approximate surface area is 62.9 Å². The highest BCUT2D eigenvalue weighted by molar-refractivity contribution is 7.83. The first-order valence-corrected chi connectivity index (χ1v) is 4.25. The number of hydrogen-bond acceptors (Lipinski definition) is 2. The monoisotopic (exact) mass is 157 g/mol. The Morgan fingerprint density at radius 1 is 1.80 bits per heavy atom. The van der Waals surface area contributed by atoms with E-state index in [4.69, 9.17) is 0 Å². The summed E-state index contributed by atoms with van der Waals surface area (Å²) in [5, 5.41) is 0. The SMILES string of the molecule is CC1C=CC(S(=O)[O-])=CC1. The molecule has 2 atom stereocenters. The second kappa shape index (κ2) is 3.12. The average molecular weight is 157 g/mol. The summed E-state index contributed by atoms with van der Waals surface area (Å²) in [6.45, 7) is 2.05. The Balaban J connectivity index is 2.67. The van der Waals surface area contributed by atoms with E-state index in [9.17, 15) is 8.76 Å². The predicted octanol–water partition coefficient (Wildman–Crippen LogP) is 1.35. The van der Waals surface area contributed by atoms with Crippen molar-refractivity contribution in [3.63, 3.8) is 0 Å². The zero-order chi connectivity index (χ0) is 7.56. The minimum atomic E-state index is -2.04. The van der Waals surface area contributed by atoms with Gasteiger partial charge in [0.25, 0.3) is 0 Å². The maximum atomic E-state index is 10.3. The van der Waals surface area contributed by atoms with Crippen molar-refractivity contribution in [2.45, 2.75) is 13.3 Å². The normalized spacial score (nSPS) is 27.8. The van der Waals surface area contributed by atoms with E-state index in [1.807, 2.05) is 6.08 Å². The molecule has 0 fully saturated rings. The highest BCUT2D eigenvalue weighted by Gasteiger charge is 2.02. The van der Waals surface area contributed by atoms with E-state index >= 15 is 0 Å². The molecule has 0 radical (unpaired) electrons. The van der Waals surface area contributed by atoms with Crippen molar-refractivity contribution in [2.75, 3.05) is 0 Å². The fourth-order valence-electron chi connectivity index (χ4n) is 0.831. The third kappa shape index (κ3) is 1.78. The van der Waals surface area contributed by atoms with Crippen LogP contribution in [-0.4, -0.2) is 8.76 Å². The van der Waals surface area contributed by atoms with Gasteiger partial charge in [-0.25, -0.2) is 0 Å². The smallest absolute Gasteiger partial charge is 0.0206 e. The molecule has 0 bridgehead atoms. The van der Waals surface area contributed by atoms with Crippen LogP contribution in [-0.2, 0) is 11.1 Å². The van der Waals surface area contributed by atoms with Gasteiger partial charge in [-0.3, -0.25) is 4.21 Å². The quantitative estimate of drug-likeness (QED) is 0.539. The van der Waals surface area contributed by atoms with Crippen molar-refractivity contribution in [3.8, 4) is 0 Å². The Morgan fingerprint density at radius 2 is 2.50 bits per heavy atom. The molecule has 0 amide bonds. The average Bonchev–Trinajstić information content (AvgIpc) is 1.88. The van der Waals surface area contributed by atoms with E-state index in [1.165, 1.54) is 0 Å². The molecule has 0 aromatic carbocycles. The number of rotatable bonds is 1. The summed E-state index contributed by atoms with van der Waals surface area (Å²) in [5.41, 5.74) is 0. The molecule has 0 heterocycles. The van der Waals surface area contributed by atoms with E-state index in [1.54, 1.807) is 12.2 Å². The largest absolute Gasteiger partial charge is 0.768 e. The van der Waals surface area contributed by atoms with E-state index in [2.05, 4.69) is 6.92 Å². The summed E-state index contributed by atoms with van der Waals surface area (Å²) in [7, 11) is 0. The van der Waals surface area contributed by atoms with Crippen LogP contribution in [0.5, 0.6) is 0 Å². The van der Waals surface area contributed by atoms with Crippen LogP contribution in [0.25, 0.3) is 0 Å². The third-order valence-corrected chi connectivity index (χ3v) is 2.16. The summed E-state index contributed by atoms with van der Waals surface area (Å²) < 4.78 is 20.7. The molecule has 0 aromatic heterocycles. The molecular weight excluding hydrogens is 148 g/mol. The Kier molecular flexibility index (Phi) is 2.40. The maximum absolute atomic E-state index is 10.3. The van der Waals surface area contributed by atoms with Crippen LogP contribution in [0.2, 0.25) is 0 Å². The van der Waals surface area contributed by atoms with Crippen molar-refractivity contribution in [3.05, 3.63) is 23.1 Å². The Hall–Kier alpha value is -0.410. The van der Waals surface area contributed by atoms with Crippen molar-refractivity contribution in [2.24, 2.45) is 5.92 Å². The molecule has 1 aliphatic rings. The second-order valence-corrected chi connectivity index (χ2v) is 3.35. The zero-order valence-corrected chi connectivity index (χ0v) is 6.56. The van der Waals surface area contributed by atoms with Gasteiger partial charge < -0.3 is 4.55 Å². The fourth-order valence-corrected chi connectivity index (χ4v) is 1.25. The molecule has 0 aromatic rings. The molecule has 10 heavy (non-hydrogen) atoms. The van der Waals surface area contributed by atoms with Gasteiger partial charge in [0.2, 0.25) is 0 Å². The molecule has 2 nitrogen and oxygen atoms in total. The Morgan fingerprint density at radius 3 is 2.90 bits per heavy atom. The minimum absolute atomic E-state index is 0.415. The highest BCUT2D eigenvalue weighted by atomic mass is 32.2. The maximum Gasteiger partial charge on any atom is 0.0206 e. The first kappa shape index (κ1) is 7.69. The van der Waals surface area contributed by atoms with Gasteiger partial charge in [0.1, 0.15) is 0 Å². The Bertz CT molecular complexity index is 206. The van der Waals surface area contributed by atoms with Crippen LogP contribution in [0.4, 0.5) is 0 Å². The van der Waals surface area contributed by atoms with Crippen LogP contribution in [0.1, 0.15) is 13.3 Å². The molecule has 0 aliphatic heterocycles. The van der Waals surface area contributed by atoms with Crippen LogP contribution >= 0.6 is 0 Å². The van der Waals surface area contributed by atoms with Gasteiger partial charge >= 0.3 is 0 Å². The molecule has 0 saturated carbocycles. The van der Waals surface area contributed by atoms with Gasteiger partial charge in [0.15, 0.2) is 0 Å². The summed E-state index contributed by atoms with van der Waals surface area (Å²) >= 11 is -2.04. The van der Waals surface area contributed by atoms with Crippen molar-refractivity contribution >= 4 is 11.1 Å². The van der Waals surface area contributed by atoms with Crippen LogP contribution in [0, 0.1) is 5.92 Å². The molecule has 2 unspecified atom stereocenters. The molecule has 0 N–H and O–H groups in total. The van der Waals surface area contributed by atoms with Gasteiger partial charge in [0, 0.05) is 4.91 Å². The van der Waals surface area contributed by atoms with E-state index in [0.717, 1.165) is 6.42 Å². The summed E-state index contributed by atoms with van der Waals surface area (Å²) in [5.74, 6) is 0.479. The molecular formula is C7H9O2S-. The molecule has 56 valence electrons. The zero-order valence-electron chi connectivity index (χ0n) is 5.74. The number of hydrogen-bond donors (Lipinski definition) is 0. The van der Waals surface area contributed by atoms with Crippen molar-refractivity contribution < 1.29 is 8.76 Å². The van der Waals surface area contributed by atoms with Crippen LogP contribution in [0.15, 0.2) is 23.1 Å². The van der Waals surface area contributed by atoms with Gasteiger partial charge in [-0.15, -0.1) is 0 Å². The standard InChI is InChI=1S/C7H10O2S/c1-6-2-4-7(5-3-6)10(8)9/h2,4-6H,3H2,1H3,(H,8,9)/p-1. The van der Waals surface area contributed by atoms with Crippen LogP contribution in [0.3, 0.4) is 0 Å². The van der Waals surface area contributed by atoms with Gasteiger partial charge in [-0.1, -0.05) is 25.2 Å². The van der Waals surface area contributed by atoms with E-state index in [0.29, 0.717) is 10.8 Å². The first-order chi connectivity index (χ1) is 4.70. The van der Waals surface area contributed by atoms with Crippen LogP contribution < -0.4 is 0 Å². The first-order valence-electron chi connectivity index (χ1n) is 3.18. The van der Waals surface area contributed by atoms with Crippen molar-refractivity contribution in [1.82, 2.24) is 0 Å². The van der Waals surface area contributed by atoms with Gasteiger partial charge in [-0.05, 0) is 23.4 Å². The predicted molar refractivity (Wildman–Crippen MR) is 39.9 cm³/mol. The van der Waals surface area contributed by atoms with Gasteiger partial charge in [-0.2, -0.15) is 0 Å². The highest BCUT2D eigenvalue weighted by Crippen LogP contribution is 2.16. The topological polar surface area (TPSA) is 40.1 Å². The van der Waals surface area contributed by atoms with Gasteiger partial charge in [0.05, 0.1) is 0 Å². The summed E-state index contributed by atoms with van der Waals surface area (Å²) in [6, 6.07) is 0. The lowest BCUT2D eigenvalue weighted by Gasteiger charge is -2.12. The van der Waals surface area contributed by atoms with E-state index in [-0.39, 0.29) is 0 Å². The fraction of sp³-hybridized carbons (Fsp3) is 0.429. The third-order valence-electron chi connectivity index (χ3n) is 1.47. The van der Waals surface area contributed by atoms with Crippen molar-refractivity contribution in [1.29, 1.82) is 0 Å². The van der Waals surface area contributed by atoms with E-state index < -0.39 is 11.1 Å². The number of allylic oxidation sites excluding steroid dienone is 3. The molecule has 0 saturated heterocycles.